The molecule has 2 aromatic rings. The van der Waals surface area contributed by atoms with Crippen LogP contribution in [0.1, 0.15) is 24.8 Å². The molecule has 19 heavy (non-hydrogen) atoms. The lowest BCUT2D eigenvalue weighted by molar-refractivity contribution is -0.141. The van der Waals surface area contributed by atoms with Crippen LogP contribution in [0, 0.1) is 12.8 Å². The lowest BCUT2D eigenvalue weighted by Crippen LogP contribution is -2.26. The number of ether oxygens (including phenoxy) is 1. The monoisotopic (exact) mass is 258 g/mol. The van der Waals surface area contributed by atoms with Gasteiger partial charge >= 0.3 is 11.6 Å². The molecular formula is C15H14O4. The fourth-order valence-corrected chi connectivity index (χ4v) is 2.21. The van der Waals surface area contributed by atoms with Gasteiger partial charge in [0.05, 0.1) is 5.92 Å². The molecule has 98 valence electrons. The van der Waals surface area contributed by atoms with Crippen molar-refractivity contribution in [1.29, 1.82) is 0 Å². The number of rotatable bonds is 2. The van der Waals surface area contributed by atoms with Gasteiger partial charge < -0.3 is 9.15 Å². The van der Waals surface area contributed by atoms with Crippen molar-refractivity contribution in [3.63, 3.8) is 0 Å². The van der Waals surface area contributed by atoms with Gasteiger partial charge in [-0.3, -0.25) is 4.79 Å². The Bertz CT molecular complexity index is 695. The summed E-state index contributed by atoms with van der Waals surface area (Å²) < 4.78 is 10.4. The SMILES string of the molecule is Cc1cc(=O)oc2cc(OC(=O)C3CCC3)ccc12. The average molecular weight is 258 g/mol. The number of aryl methyl sites for hydroxylation is 1. The molecule has 1 saturated carbocycles. The molecule has 0 saturated heterocycles. The van der Waals surface area contributed by atoms with E-state index in [4.69, 9.17) is 9.15 Å². The van der Waals surface area contributed by atoms with Crippen LogP contribution >= 0.6 is 0 Å². The van der Waals surface area contributed by atoms with Crippen LogP contribution in [-0.4, -0.2) is 5.97 Å². The summed E-state index contributed by atoms with van der Waals surface area (Å²) in [5.41, 5.74) is 0.902. The molecule has 0 radical (unpaired) electrons. The fraction of sp³-hybridized carbons (Fsp3) is 0.333. The Morgan fingerprint density at radius 1 is 1.32 bits per heavy atom. The summed E-state index contributed by atoms with van der Waals surface area (Å²) in [4.78, 5) is 23.1. The molecular weight excluding hydrogens is 244 g/mol. The van der Waals surface area contributed by atoms with E-state index in [-0.39, 0.29) is 11.9 Å². The number of hydrogen-bond acceptors (Lipinski definition) is 4. The van der Waals surface area contributed by atoms with E-state index in [1.807, 2.05) is 6.92 Å². The molecule has 4 nitrogen and oxygen atoms in total. The molecule has 1 heterocycles. The highest BCUT2D eigenvalue weighted by Gasteiger charge is 2.27. The Labute approximate surface area is 110 Å². The minimum Gasteiger partial charge on any atom is -0.426 e. The molecule has 1 fully saturated rings. The molecule has 3 rings (SSSR count). The first kappa shape index (κ1) is 12.0. The van der Waals surface area contributed by atoms with Crippen LogP contribution < -0.4 is 10.4 Å². The third kappa shape index (κ3) is 2.26. The zero-order chi connectivity index (χ0) is 13.4. The summed E-state index contributed by atoms with van der Waals surface area (Å²) in [5, 5.41) is 0.850. The highest BCUT2D eigenvalue weighted by atomic mass is 16.5. The standard InChI is InChI=1S/C15H14O4/c1-9-7-14(16)19-13-8-11(5-6-12(9)13)18-15(17)10-3-2-4-10/h5-8,10H,2-4H2,1H3. The minimum absolute atomic E-state index is 0.0280. The predicted octanol–water partition coefficient (Wildman–Crippen LogP) is 2.81. The second kappa shape index (κ2) is 4.53. The third-order valence-electron chi connectivity index (χ3n) is 3.58. The number of benzene rings is 1. The van der Waals surface area contributed by atoms with E-state index in [2.05, 4.69) is 0 Å². The van der Waals surface area contributed by atoms with Crippen LogP contribution in [0.2, 0.25) is 0 Å². The average Bonchev–Trinajstić information content (AvgIpc) is 2.25. The molecule has 1 aromatic carbocycles. The van der Waals surface area contributed by atoms with Gasteiger partial charge in [0.15, 0.2) is 0 Å². The predicted molar refractivity (Wildman–Crippen MR) is 70.2 cm³/mol. The second-order valence-electron chi connectivity index (χ2n) is 4.96. The minimum atomic E-state index is -0.396. The van der Waals surface area contributed by atoms with Crippen LogP contribution in [-0.2, 0) is 4.79 Å². The fourth-order valence-electron chi connectivity index (χ4n) is 2.21. The first-order valence-corrected chi connectivity index (χ1v) is 6.40. The van der Waals surface area contributed by atoms with Crippen LogP contribution in [0.5, 0.6) is 5.75 Å². The quantitative estimate of drug-likeness (QED) is 0.472. The van der Waals surface area contributed by atoms with E-state index in [0.29, 0.717) is 11.3 Å². The van der Waals surface area contributed by atoms with Gasteiger partial charge in [-0.2, -0.15) is 0 Å². The van der Waals surface area contributed by atoms with Gasteiger partial charge in [-0.15, -0.1) is 0 Å². The highest BCUT2D eigenvalue weighted by Crippen LogP contribution is 2.29. The van der Waals surface area contributed by atoms with E-state index in [1.165, 1.54) is 6.07 Å². The lowest BCUT2D eigenvalue weighted by atomic mass is 9.86. The van der Waals surface area contributed by atoms with Gasteiger partial charge in [0, 0.05) is 17.5 Å². The lowest BCUT2D eigenvalue weighted by Gasteiger charge is -2.22. The van der Waals surface area contributed by atoms with Gasteiger partial charge in [-0.1, -0.05) is 6.42 Å². The maximum atomic E-state index is 11.8. The number of hydrogen-bond donors (Lipinski definition) is 0. The van der Waals surface area contributed by atoms with Crippen LogP contribution in [0.3, 0.4) is 0 Å². The van der Waals surface area contributed by atoms with E-state index in [9.17, 15) is 9.59 Å². The zero-order valence-corrected chi connectivity index (χ0v) is 10.6. The summed E-state index contributed by atoms with van der Waals surface area (Å²) in [6.45, 7) is 1.85. The normalized spacial score (nSPS) is 15.2. The molecule has 0 aliphatic heterocycles. The second-order valence-corrected chi connectivity index (χ2v) is 4.96. The zero-order valence-electron chi connectivity index (χ0n) is 10.6. The number of carbonyl (C=O) groups is 1. The molecule has 0 bridgehead atoms. The molecule has 0 spiro atoms. The molecule has 0 amide bonds. The van der Waals surface area contributed by atoms with Crippen molar-refractivity contribution in [3.05, 3.63) is 40.2 Å². The highest BCUT2D eigenvalue weighted by molar-refractivity contribution is 5.83. The first-order chi connectivity index (χ1) is 9.13. The summed E-state index contributed by atoms with van der Waals surface area (Å²) in [7, 11) is 0. The Balaban J connectivity index is 1.92. The van der Waals surface area contributed by atoms with Crippen molar-refractivity contribution in [2.75, 3.05) is 0 Å². The van der Waals surface area contributed by atoms with E-state index < -0.39 is 5.63 Å². The van der Waals surface area contributed by atoms with Gasteiger partial charge in [-0.05, 0) is 37.5 Å². The van der Waals surface area contributed by atoms with Crippen molar-refractivity contribution >= 4 is 16.9 Å². The van der Waals surface area contributed by atoms with Crippen molar-refractivity contribution in [2.45, 2.75) is 26.2 Å². The molecule has 0 unspecified atom stereocenters. The topological polar surface area (TPSA) is 56.5 Å². The van der Waals surface area contributed by atoms with Crippen molar-refractivity contribution < 1.29 is 13.9 Å². The summed E-state index contributed by atoms with van der Waals surface area (Å²) >= 11 is 0. The van der Waals surface area contributed by atoms with Crippen LogP contribution in [0.4, 0.5) is 0 Å². The van der Waals surface area contributed by atoms with Gasteiger partial charge in [-0.25, -0.2) is 4.79 Å². The molecule has 1 aliphatic carbocycles. The molecule has 1 aromatic heterocycles. The number of carbonyl (C=O) groups excluding carboxylic acids is 1. The molecule has 1 aliphatic rings. The van der Waals surface area contributed by atoms with Gasteiger partial charge in [0.2, 0.25) is 0 Å². The maximum absolute atomic E-state index is 11.8. The summed E-state index contributed by atoms with van der Waals surface area (Å²) in [6, 6.07) is 6.57. The Kier molecular flexibility index (Phi) is 2.85. The van der Waals surface area contributed by atoms with Crippen molar-refractivity contribution in [1.82, 2.24) is 0 Å². The largest absolute Gasteiger partial charge is 0.426 e. The van der Waals surface area contributed by atoms with E-state index >= 15 is 0 Å². The van der Waals surface area contributed by atoms with Gasteiger partial charge in [0.1, 0.15) is 11.3 Å². The summed E-state index contributed by atoms with van der Waals surface area (Å²) in [6.07, 6.45) is 2.90. The van der Waals surface area contributed by atoms with Crippen LogP contribution in [0.25, 0.3) is 11.0 Å². The smallest absolute Gasteiger partial charge is 0.336 e. The van der Waals surface area contributed by atoms with E-state index in [0.717, 1.165) is 30.2 Å². The van der Waals surface area contributed by atoms with E-state index in [1.54, 1.807) is 18.2 Å². The first-order valence-electron chi connectivity index (χ1n) is 6.40. The third-order valence-corrected chi connectivity index (χ3v) is 3.58. The Hall–Kier alpha value is -2.10. The van der Waals surface area contributed by atoms with Crippen molar-refractivity contribution in [3.8, 4) is 5.75 Å². The number of fused-ring (bicyclic) bond motifs is 1. The maximum Gasteiger partial charge on any atom is 0.336 e. The molecule has 4 heteroatoms. The van der Waals surface area contributed by atoms with Gasteiger partial charge in [0.25, 0.3) is 0 Å². The Morgan fingerprint density at radius 2 is 2.11 bits per heavy atom. The summed E-state index contributed by atoms with van der Waals surface area (Å²) in [5.74, 6) is 0.263. The van der Waals surface area contributed by atoms with Crippen molar-refractivity contribution in [2.24, 2.45) is 5.92 Å². The number of esters is 1. The Morgan fingerprint density at radius 3 is 2.79 bits per heavy atom. The molecule has 0 N–H and O–H groups in total. The van der Waals surface area contributed by atoms with Crippen LogP contribution in [0.15, 0.2) is 33.5 Å². The molecule has 0 atom stereocenters.